The first kappa shape index (κ1) is 36.8. The number of ether oxygens (including phenoxy) is 3. The van der Waals surface area contributed by atoms with Crippen LogP contribution in [0.25, 0.3) is 0 Å². The molecule has 0 amide bonds. The van der Waals surface area contributed by atoms with Crippen molar-refractivity contribution < 1.29 is 14.2 Å². The van der Waals surface area contributed by atoms with Crippen molar-refractivity contribution in [1.82, 2.24) is 4.90 Å². The van der Waals surface area contributed by atoms with E-state index in [-0.39, 0.29) is 0 Å². The molecule has 0 N–H and O–H groups in total. The van der Waals surface area contributed by atoms with Gasteiger partial charge in [-0.3, -0.25) is 0 Å². The zero-order chi connectivity index (χ0) is 27.4. The Bertz CT molecular complexity index is 372. The molecule has 0 saturated carbocycles. The van der Waals surface area contributed by atoms with Gasteiger partial charge in [-0.2, -0.15) is 0 Å². The molecule has 0 aromatic rings. The first-order valence-electron chi connectivity index (χ1n) is 16.6. The van der Waals surface area contributed by atoms with Crippen molar-refractivity contribution in [2.24, 2.45) is 17.8 Å². The molecule has 0 saturated heterocycles. The van der Waals surface area contributed by atoms with Crippen molar-refractivity contribution in [3.8, 4) is 0 Å². The number of nitrogens with zero attached hydrogens (tertiary/aromatic N) is 1. The van der Waals surface area contributed by atoms with Crippen molar-refractivity contribution in [1.29, 1.82) is 0 Å². The topological polar surface area (TPSA) is 30.9 Å². The molecule has 0 aliphatic carbocycles. The Morgan fingerprint density at radius 1 is 0.432 bits per heavy atom. The second-order valence-electron chi connectivity index (χ2n) is 11.4. The van der Waals surface area contributed by atoms with Crippen LogP contribution in [-0.4, -0.2) is 64.2 Å². The molecular weight excluding hydrogens is 458 g/mol. The summed E-state index contributed by atoms with van der Waals surface area (Å²) >= 11 is 0. The molecule has 37 heavy (non-hydrogen) atoms. The fourth-order valence-electron chi connectivity index (χ4n) is 4.95. The van der Waals surface area contributed by atoms with E-state index in [4.69, 9.17) is 14.2 Å². The number of hydrogen-bond donors (Lipinski definition) is 0. The second kappa shape index (κ2) is 28.8. The fraction of sp³-hybridized carbons (Fsp3) is 1.00. The monoisotopic (exact) mass is 528 g/mol. The molecule has 0 radical (unpaired) electrons. The lowest BCUT2D eigenvalue weighted by molar-refractivity contribution is 0.0683. The summed E-state index contributed by atoms with van der Waals surface area (Å²) in [6.45, 7) is 22.6. The van der Waals surface area contributed by atoms with Gasteiger partial charge in [0.2, 0.25) is 0 Å². The van der Waals surface area contributed by atoms with Crippen LogP contribution in [0.1, 0.15) is 138 Å². The molecule has 0 aliphatic rings. The van der Waals surface area contributed by atoms with Gasteiger partial charge in [-0.15, -0.1) is 0 Å². The van der Waals surface area contributed by atoms with Gasteiger partial charge in [0, 0.05) is 59.3 Å². The molecule has 0 fully saturated rings. The van der Waals surface area contributed by atoms with Gasteiger partial charge in [0.15, 0.2) is 0 Å². The molecular formula is C33H69NO3. The van der Waals surface area contributed by atoms with Gasteiger partial charge in [-0.1, -0.05) is 99.3 Å². The SMILES string of the molecule is CCCCC(CC)COCCCN(CCCOCC(CC)CCCC)CCCOCC(CC)CCCC. The Hall–Kier alpha value is -0.160. The molecule has 0 heterocycles. The molecule has 4 heteroatoms. The van der Waals surface area contributed by atoms with Crippen molar-refractivity contribution in [2.75, 3.05) is 59.3 Å². The number of unbranched alkanes of at least 4 members (excludes halogenated alkanes) is 3. The summed E-state index contributed by atoms with van der Waals surface area (Å²) in [7, 11) is 0. The highest BCUT2D eigenvalue weighted by molar-refractivity contribution is 4.62. The van der Waals surface area contributed by atoms with Crippen LogP contribution in [-0.2, 0) is 14.2 Å². The molecule has 3 unspecified atom stereocenters. The van der Waals surface area contributed by atoms with Crippen LogP contribution in [0.3, 0.4) is 0 Å². The Morgan fingerprint density at radius 2 is 0.730 bits per heavy atom. The van der Waals surface area contributed by atoms with E-state index in [1.807, 2.05) is 0 Å². The zero-order valence-electron chi connectivity index (χ0n) is 26.4. The molecule has 0 aromatic heterocycles. The Morgan fingerprint density at radius 3 is 0.973 bits per heavy atom. The Kier molecular flexibility index (Phi) is 28.7. The molecule has 0 rings (SSSR count). The van der Waals surface area contributed by atoms with Crippen LogP contribution in [0.5, 0.6) is 0 Å². The first-order valence-corrected chi connectivity index (χ1v) is 16.6. The quantitative estimate of drug-likeness (QED) is 0.0871. The van der Waals surface area contributed by atoms with Crippen LogP contribution in [0.2, 0.25) is 0 Å². The molecule has 0 spiro atoms. The minimum Gasteiger partial charge on any atom is -0.381 e. The zero-order valence-corrected chi connectivity index (χ0v) is 26.4. The van der Waals surface area contributed by atoms with Crippen LogP contribution >= 0.6 is 0 Å². The molecule has 0 bridgehead atoms. The van der Waals surface area contributed by atoms with Gasteiger partial charge in [0.1, 0.15) is 0 Å². The molecule has 3 atom stereocenters. The molecule has 224 valence electrons. The summed E-state index contributed by atoms with van der Waals surface area (Å²) in [5.74, 6) is 2.21. The van der Waals surface area contributed by atoms with E-state index in [0.29, 0.717) is 0 Å². The van der Waals surface area contributed by atoms with E-state index in [1.165, 1.54) is 77.0 Å². The minimum atomic E-state index is 0.735. The average Bonchev–Trinajstić information content (AvgIpc) is 2.92. The highest BCUT2D eigenvalue weighted by Gasteiger charge is 2.10. The maximum absolute atomic E-state index is 6.09. The third kappa shape index (κ3) is 23.4. The van der Waals surface area contributed by atoms with Crippen LogP contribution < -0.4 is 0 Å². The van der Waals surface area contributed by atoms with Gasteiger partial charge in [-0.05, 0) is 56.3 Å². The van der Waals surface area contributed by atoms with Crippen LogP contribution in [0.15, 0.2) is 0 Å². The van der Waals surface area contributed by atoms with Crippen molar-refractivity contribution >= 4 is 0 Å². The van der Waals surface area contributed by atoms with Crippen LogP contribution in [0.4, 0.5) is 0 Å². The summed E-state index contributed by atoms with van der Waals surface area (Å²) in [6.07, 6.45) is 18.9. The van der Waals surface area contributed by atoms with E-state index >= 15 is 0 Å². The van der Waals surface area contributed by atoms with E-state index in [1.54, 1.807) is 0 Å². The van der Waals surface area contributed by atoms with Gasteiger partial charge in [0.25, 0.3) is 0 Å². The summed E-state index contributed by atoms with van der Waals surface area (Å²) < 4.78 is 18.3. The minimum absolute atomic E-state index is 0.735. The Balaban J connectivity index is 4.31. The smallest absolute Gasteiger partial charge is 0.0494 e. The molecule has 0 aliphatic heterocycles. The number of rotatable bonds is 30. The van der Waals surface area contributed by atoms with Gasteiger partial charge >= 0.3 is 0 Å². The van der Waals surface area contributed by atoms with Gasteiger partial charge in [0.05, 0.1) is 0 Å². The average molecular weight is 528 g/mol. The summed E-state index contributed by atoms with van der Waals surface area (Å²) in [5.41, 5.74) is 0. The van der Waals surface area contributed by atoms with Crippen LogP contribution in [0, 0.1) is 17.8 Å². The van der Waals surface area contributed by atoms with Crippen molar-refractivity contribution in [2.45, 2.75) is 138 Å². The predicted molar refractivity (Wildman–Crippen MR) is 163 cm³/mol. The van der Waals surface area contributed by atoms with Crippen molar-refractivity contribution in [3.63, 3.8) is 0 Å². The summed E-state index contributed by atoms with van der Waals surface area (Å²) in [4.78, 5) is 2.62. The van der Waals surface area contributed by atoms with E-state index in [2.05, 4.69) is 46.4 Å². The Labute approximate surface area is 234 Å². The largest absolute Gasteiger partial charge is 0.381 e. The van der Waals surface area contributed by atoms with Gasteiger partial charge in [-0.25, -0.2) is 0 Å². The maximum atomic E-state index is 6.09. The summed E-state index contributed by atoms with van der Waals surface area (Å²) in [5, 5.41) is 0. The lowest BCUT2D eigenvalue weighted by atomic mass is 10.0. The van der Waals surface area contributed by atoms with E-state index in [9.17, 15) is 0 Å². The standard InChI is InChI=1S/C33H69NO3/c1-7-13-19-31(10-4)28-35-25-16-22-34(23-17-26-36-29-32(11-5)20-14-8-2)24-18-27-37-30-33(12-6)21-15-9-3/h31-33H,7-30H2,1-6H3. The first-order chi connectivity index (χ1) is 18.1. The maximum Gasteiger partial charge on any atom is 0.0494 e. The predicted octanol–water partition coefficient (Wildman–Crippen LogP) is 9.16. The third-order valence-corrected chi connectivity index (χ3v) is 7.98. The number of hydrogen-bond acceptors (Lipinski definition) is 4. The van der Waals surface area contributed by atoms with Crippen molar-refractivity contribution in [3.05, 3.63) is 0 Å². The highest BCUT2D eigenvalue weighted by Crippen LogP contribution is 2.15. The normalized spacial score (nSPS) is 14.4. The lowest BCUT2D eigenvalue weighted by Gasteiger charge is -2.23. The fourth-order valence-corrected chi connectivity index (χ4v) is 4.95. The van der Waals surface area contributed by atoms with Gasteiger partial charge < -0.3 is 19.1 Å². The lowest BCUT2D eigenvalue weighted by Crippen LogP contribution is -2.30. The van der Waals surface area contributed by atoms with E-state index < -0.39 is 0 Å². The summed E-state index contributed by atoms with van der Waals surface area (Å²) in [6, 6.07) is 0. The van der Waals surface area contributed by atoms with E-state index in [0.717, 1.165) is 96.3 Å². The molecule has 4 nitrogen and oxygen atoms in total. The third-order valence-electron chi connectivity index (χ3n) is 7.98. The second-order valence-corrected chi connectivity index (χ2v) is 11.4. The highest BCUT2D eigenvalue weighted by atomic mass is 16.5. The molecule has 0 aromatic carbocycles.